The van der Waals surface area contributed by atoms with E-state index in [-0.39, 0.29) is 0 Å². The Morgan fingerprint density at radius 2 is 0.918 bits per heavy atom. The fourth-order valence-corrected chi connectivity index (χ4v) is 11.3. The summed E-state index contributed by atoms with van der Waals surface area (Å²) in [4.78, 5) is 2.52. The molecule has 0 saturated heterocycles. The van der Waals surface area contributed by atoms with Crippen LogP contribution in [0, 0.1) is 0 Å². The van der Waals surface area contributed by atoms with Gasteiger partial charge in [-0.15, -0.1) is 11.3 Å². The molecule has 0 N–H and O–H groups in total. The van der Waals surface area contributed by atoms with Gasteiger partial charge in [0.15, 0.2) is 0 Å². The average Bonchev–Trinajstić information content (AvgIpc) is 3.88. The SMILES string of the molecule is c1ccc(-n2c3ccccc3c3cc(-c4ccc(N(c5ccc6c7ccccc7c7ccccc7c6c5)c5cccc6c5sc5ccccc56)c5ccccc45)ccc32)cc1. The van der Waals surface area contributed by atoms with Crippen LogP contribution >= 0.6 is 11.3 Å². The Hall–Kier alpha value is -7.72. The predicted molar refractivity (Wildman–Crippen MR) is 264 cm³/mol. The molecule has 0 radical (unpaired) electrons. The first kappa shape index (κ1) is 34.2. The van der Waals surface area contributed by atoms with Crippen LogP contribution in [0.3, 0.4) is 0 Å². The summed E-state index contributed by atoms with van der Waals surface area (Å²) in [5.74, 6) is 0. The van der Waals surface area contributed by atoms with Gasteiger partial charge in [-0.1, -0.05) is 158 Å². The van der Waals surface area contributed by atoms with E-state index in [1.807, 2.05) is 11.3 Å². The third kappa shape index (κ3) is 5.14. The minimum Gasteiger partial charge on any atom is -0.309 e. The number of aromatic nitrogens is 1. The zero-order valence-electron chi connectivity index (χ0n) is 33.1. The van der Waals surface area contributed by atoms with Crippen LogP contribution in [0.2, 0.25) is 0 Å². The predicted octanol–water partition coefficient (Wildman–Crippen LogP) is 16.9. The van der Waals surface area contributed by atoms with E-state index in [1.54, 1.807) is 0 Å². The maximum absolute atomic E-state index is 2.52. The van der Waals surface area contributed by atoms with Gasteiger partial charge in [-0.05, 0) is 109 Å². The average molecular weight is 793 g/mol. The van der Waals surface area contributed by atoms with Gasteiger partial charge in [0, 0.05) is 43.0 Å². The molecule has 0 spiro atoms. The quantitative estimate of drug-likeness (QED) is 0.158. The van der Waals surface area contributed by atoms with Crippen molar-refractivity contribution in [1.82, 2.24) is 4.57 Å². The Bertz CT molecular complexity index is 3860. The molecule has 3 heteroatoms. The first-order chi connectivity index (χ1) is 30.3. The Morgan fingerprint density at radius 1 is 0.328 bits per heavy atom. The molecule has 0 aliphatic carbocycles. The molecule has 0 unspecified atom stereocenters. The maximum atomic E-state index is 2.52. The van der Waals surface area contributed by atoms with Gasteiger partial charge in [0.25, 0.3) is 0 Å². The molecule has 0 bridgehead atoms. The van der Waals surface area contributed by atoms with Crippen molar-refractivity contribution in [3.05, 3.63) is 218 Å². The summed E-state index contributed by atoms with van der Waals surface area (Å²) in [6.45, 7) is 0. The molecule has 13 aromatic rings. The highest BCUT2D eigenvalue weighted by molar-refractivity contribution is 7.26. The maximum Gasteiger partial charge on any atom is 0.0640 e. The van der Waals surface area contributed by atoms with E-state index in [4.69, 9.17) is 0 Å². The highest BCUT2D eigenvalue weighted by Crippen LogP contribution is 2.49. The topological polar surface area (TPSA) is 8.17 Å². The number of thiophene rings is 1. The number of anilines is 3. The van der Waals surface area contributed by atoms with Crippen molar-refractivity contribution < 1.29 is 0 Å². The molecule has 0 amide bonds. The van der Waals surface area contributed by atoms with Crippen molar-refractivity contribution in [2.45, 2.75) is 0 Å². The minimum absolute atomic E-state index is 1.13. The van der Waals surface area contributed by atoms with E-state index in [1.165, 1.54) is 108 Å². The lowest BCUT2D eigenvalue weighted by Gasteiger charge is -2.28. The summed E-state index contributed by atoms with van der Waals surface area (Å²) < 4.78 is 4.96. The monoisotopic (exact) mass is 792 g/mol. The lowest BCUT2D eigenvalue weighted by Crippen LogP contribution is -2.11. The number of nitrogens with zero attached hydrogens (tertiary/aromatic N) is 2. The number of para-hydroxylation sites is 2. The molecule has 0 fully saturated rings. The zero-order valence-corrected chi connectivity index (χ0v) is 33.9. The highest BCUT2D eigenvalue weighted by atomic mass is 32.1. The summed E-state index contributed by atoms with van der Waals surface area (Å²) in [5.41, 5.74) is 9.46. The number of hydrogen-bond acceptors (Lipinski definition) is 2. The molecule has 0 aliphatic rings. The van der Waals surface area contributed by atoms with Gasteiger partial charge in [0.05, 0.1) is 27.1 Å². The van der Waals surface area contributed by atoms with Crippen LogP contribution in [0.4, 0.5) is 17.1 Å². The summed E-state index contributed by atoms with van der Waals surface area (Å²) >= 11 is 1.88. The molecule has 0 aliphatic heterocycles. The van der Waals surface area contributed by atoms with Crippen LogP contribution in [0.1, 0.15) is 0 Å². The van der Waals surface area contributed by atoms with Crippen LogP contribution in [0.25, 0.3) is 102 Å². The van der Waals surface area contributed by atoms with E-state index >= 15 is 0 Å². The lowest BCUT2D eigenvalue weighted by molar-refractivity contribution is 1.18. The third-order valence-corrected chi connectivity index (χ3v) is 14.0. The Morgan fingerprint density at radius 3 is 1.69 bits per heavy atom. The fraction of sp³-hybridized carbons (Fsp3) is 0. The molecule has 2 heterocycles. The van der Waals surface area contributed by atoms with Crippen molar-refractivity contribution >= 4 is 113 Å². The molecular weight excluding hydrogens is 757 g/mol. The second kappa shape index (κ2) is 13.4. The van der Waals surface area contributed by atoms with Gasteiger partial charge in [-0.25, -0.2) is 0 Å². The van der Waals surface area contributed by atoms with Crippen LogP contribution < -0.4 is 4.90 Å². The smallest absolute Gasteiger partial charge is 0.0640 e. The number of hydrogen-bond donors (Lipinski definition) is 0. The van der Waals surface area contributed by atoms with Crippen LogP contribution in [-0.2, 0) is 0 Å². The second-order valence-electron chi connectivity index (χ2n) is 16.0. The summed E-state index contributed by atoms with van der Waals surface area (Å²) in [6, 6.07) is 80.6. The van der Waals surface area contributed by atoms with Gasteiger partial charge in [0.2, 0.25) is 0 Å². The lowest BCUT2D eigenvalue weighted by atomic mass is 9.93. The normalized spacial score (nSPS) is 11.9. The summed E-state index contributed by atoms with van der Waals surface area (Å²) in [5, 5.41) is 15.1. The van der Waals surface area contributed by atoms with Crippen molar-refractivity contribution in [2.75, 3.05) is 4.90 Å². The molecule has 0 atom stereocenters. The Labute approximate surface area is 356 Å². The molecule has 61 heavy (non-hydrogen) atoms. The second-order valence-corrected chi connectivity index (χ2v) is 17.1. The largest absolute Gasteiger partial charge is 0.309 e. The van der Waals surface area contributed by atoms with Crippen LogP contribution in [0.15, 0.2) is 218 Å². The first-order valence-electron chi connectivity index (χ1n) is 20.9. The molecule has 2 aromatic heterocycles. The minimum atomic E-state index is 1.13. The van der Waals surface area contributed by atoms with Gasteiger partial charge in [0.1, 0.15) is 0 Å². The van der Waals surface area contributed by atoms with Crippen LogP contribution in [-0.4, -0.2) is 4.57 Å². The first-order valence-corrected chi connectivity index (χ1v) is 21.7. The van der Waals surface area contributed by atoms with Gasteiger partial charge in [-0.2, -0.15) is 0 Å². The number of benzene rings is 11. The Balaban J connectivity index is 1.07. The summed E-state index contributed by atoms with van der Waals surface area (Å²) in [7, 11) is 0. The third-order valence-electron chi connectivity index (χ3n) is 12.8. The van der Waals surface area contributed by atoms with E-state index in [2.05, 4.69) is 228 Å². The Kier molecular flexibility index (Phi) is 7.51. The van der Waals surface area contributed by atoms with Crippen molar-refractivity contribution in [3.63, 3.8) is 0 Å². The van der Waals surface area contributed by atoms with Gasteiger partial charge >= 0.3 is 0 Å². The van der Waals surface area contributed by atoms with Crippen LogP contribution in [0.5, 0.6) is 0 Å². The van der Waals surface area contributed by atoms with E-state index in [9.17, 15) is 0 Å². The summed E-state index contributed by atoms with van der Waals surface area (Å²) in [6.07, 6.45) is 0. The standard InChI is InChI=1S/C58H36N2S/c1-2-15-38(16-3-1)59-53-26-12-10-23-48(53)52-35-37(29-33-55(52)59)40-32-34-54(47-22-9-8-17-41(40)47)60(56-27-14-25-50-49-24-11-13-28-57(49)61-58(50)56)39-30-31-46-44-20-5-4-18-42(44)43-19-6-7-21-45(43)51(46)36-39/h1-36H. The van der Waals surface area contributed by atoms with Crippen molar-refractivity contribution in [2.24, 2.45) is 0 Å². The molecule has 2 nitrogen and oxygen atoms in total. The van der Waals surface area contributed by atoms with E-state index in [0.29, 0.717) is 0 Å². The zero-order chi connectivity index (χ0) is 40.0. The van der Waals surface area contributed by atoms with E-state index < -0.39 is 0 Å². The molecular formula is C58H36N2S. The van der Waals surface area contributed by atoms with E-state index in [0.717, 1.165) is 11.4 Å². The molecule has 13 rings (SSSR count). The molecule has 284 valence electrons. The van der Waals surface area contributed by atoms with Gasteiger partial charge < -0.3 is 9.47 Å². The molecule has 0 saturated carbocycles. The fourth-order valence-electron chi connectivity index (χ4n) is 10.1. The van der Waals surface area contributed by atoms with Crippen molar-refractivity contribution in [1.29, 1.82) is 0 Å². The molecule has 11 aromatic carbocycles. The number of fused-ring (bicyclic) bond motifs is 13. The highest BCUT2D eigenvalue weighted by Gasteiger charge is 2.23. The number of rotatable bonds is 5. The van der Waals surface area contributed by atoms with Gasteiger partial charge in [-0.3, -0.25) is 0 Å². The van der Waals surface area contributed by atoms with Crippen molar-refractivity contribution in [3.8, 4) is 16.8 Å².